The van der Waals surface area contributed by atoms with Gasteiger partial charge in [-0.25, -0.2) is 0 Å². The summed E-state index contributed by atoms with van der Waals surface area (Å²) in [5, 5.41) is 4.08. The van der Waals surface area contributed by atoms with E-state index in [1.54, 1.807) is 0 Å². The standard InChI is InChI=1S/C16H17BrClNO/c1-12-3-2-4-14(9-12)20-8-7-19-11-13-5-6-16(18)15(17)10-13/h2-6,9-10,19H,7-8,11H2,1H3. The van der Waals surface area contributed by atoms with Crippen molar-refractivity contribution in [1.82, 2.24) is 5.32 Å². The summed E-state index contributed by atoms with van der Waals surface area (Å²) in [7, 11) is 0. The van der Waals surface area contributed by atoms with Crippen molar-refractivity contribution in [3.63, 3.8) is 0 Å². The zero-order valence-electron chi connectivity index (χ0n) is 11.3. The zero-order valence-corrected chi connectivity index (χ0v) is 13.7. The Morgan fingerprint density at radius 1 is 1.20 bits per heavy atom. The lowest BCUT2D eigenvalue weighted by Crippen LogP contribution is -2.20. The van der Waals surface area contributed by atoms with E-state index in [1.165, 1.54) is 11.1 Å². The van der Waals surface area contributed by atoms with E-state index in [4.69, 9.17) is 16.3 Å². The molecule has 20 heavy (non-hydrogen) atoms. The average Bonchev–Trinajstić information content (AvgIpc) is 2.42. The van der Waals surface area contributed by atoms with Gasteiger partial charge in [-0.3, -0.25) is 0 Å². The van der Waals surface area contributed by atoms with E-state index in [2.05, 4.69) is 34.2 Å². The van der Waals surface area contributed by atoms with E-state index < -0.39 is 0 Å². The maximum absolute atomic E-state index is 5.96. The minimum Gasteiger partial charge on any atom is -0.492 e. The first kappa shape index (κ1) is 15.4. The van der Waals surface area contributed by atoms with Crippen LogP contribution in [0.4, 0.5) is 0 Å². The summed E-state index contributed by atoms with van der Waals surface area (Å²) in [4.78, 5) is 0. The first-order valence-electron chi connectivity index (χ1n) is 6.49. The Kier molecular flexibility index (Phi) is 5.89. The lowest BCUT2D eigenvalue weighted by Gasteiger charge is -2.08. The minimum absolute atomic E-state index is 0.651. The first-order chi connectivity index (χ1) is 9.65. The molecule has 0 spiro atoms. The molecule has 0 saturated heterocycles. The van der Waals surface area contributed by atoms with E-state index in [0.717, 1.165) is 28.3 Å². The van der Waals surface area contributed by atoms with Crippen molar-refractivity contribution in [3.05, 3.63) is 63.1 Å². The molecule has 4 heteroatoms. The highest BCUT2D eigenvalue weighted by molar-refractivity contribution is 9.10. The van der Waals surface area contributed by atoms with Gasteiger partial charge in [0.1, 0.15) is 12.4 Å². The molecule has 0 aromatic heterocycles. The van der Waals surface area contributed by atoms with Crippen LogP contribution in [0.3, 0.4) is 0 Å². The molecule has 0 bridgehead atoms. The highest BCUT2D eigenvalue weighted by Gasteiger charge is 1.99. The van der Waals surface area contributed by atoms with Crippen LogP contribution >= 0.6 is 27.5 Å². The van der Waals surface area contributed by atoms with Gasteiger partial charge in [-0.2, -0.15) is 0 Å². The maximum atomic E-state index is 5.96. The van der Waals surface area contributed by atoms with Crippen LogP contribution in [0.5, 0.6) is 5.75 Å². The summed E-state index contributed by atoms with van der Waals surface area (Å²) >= 11 is 9.38. The number of ether oxygens (including phenoxy) is 1. The minimum atomic E-state index is 0.651. The number of hydrogen-bond acceptors (Lipinski definition) is 2. The molecule has 1 N–H and O–H groups in total. The highest BCUT2D eigenvalue weighted by Crippen LogP contribution is 2.23. The van der Waals surface area contributed by atoms with Gasteiger partial charge in [0, 0.05) is 17.6 Å². The van der Waals surface area contributed by atoms with Crippen LogP contribution in [0.1, 0.15) is 11.1 Å². The average molecular weight is 355 g/mol. The SMILES string of the molecule is Cc1cccc(OCCNCc2ccc(Cl)c(Br)c2)c1. The normalized spacial score (nSPS) is 10.6. The smallest absolute Gasteiger partial charge is 0.119 e. The molecule has 0 atom stereocenters. The largest absolute Gasteiger partial charge is 0.492 e. The van der Waals surface area contributed by atoms with E-state index in [-0.39, 0.29) is 0 Å². The molecule has 0 amide bonds. The number of halogens is 2. The Balaban J connectivity index is 1.70. The van der Waals surface area contributed by atoms with Crippen molar-refractivity contribution >= 4 is 27.5 Å². The number of rotatable bonds is 6. The second kappa shape index (κ2) is 7.67. The molecular weight excluding hydrogens is 338 g/mol. The third kappa shape index (κ3) is 4.82. The summed E-state index contributed by atoms with van der Waals surface area (Å²) in [6.45, 7) is 4.31. The molecule has 2 rings (SSSR count). The molecule has 106 valence electrons. The summed E-state index contributed by atoms with van der Waals surface area (Å²) in [6, 6.07) is 14.0. The van der Waals surface area contributed by atoms with Gasteiger partial charge in [-0.15, -0.1) is 0 Å². The lowest BCUT2D eigenvalue weighted by molar-refractivity contribution is 0.313. The topological polar surface area (TPSA) is 21.3 Å². The molecular formula is C16H17BrClNO. The predicted octanol–water partition coefficient (Wildman–Crippen LogP) is 4.58. The second-order valence-corrected chi connectivity index (χ2v) is 5.85. The molecule has 2 aromatic carbocycles. The fourth-order valence-electron chi connectivity index (χ4n) is 1.83. The Hall–Kier alpha value is -1.03. The molecule has 0 radical (unpaired) electrons. The van der Waals surface area contributed by atoms with Crippen LogP contribution in [0, 0.1) is 6.92 Å². The van der Waals surface area contributed by atoms with E-state index in [9.17, 15) is 0 Å². The van der Waals surface area contributed by atoms with Crippen molar-refractivity contribution in [2.45, 2.75) is 13.5 Å². The van der Waals surface area contributed by atoms with Crippen LogP contribution in [-0.4, -0.2) is 13.2 Å². The molecule has 0 aliphatic heterocycles. The Morgan fingerprint density at radius 3 is 2.80 bits per heavy atom. The van der Waals surface area contributed by atoms with Gasteiger partial charge in [0.15, 0.2) is 0 Å². The first-order valence-corrected chi connectivity index (χ1v) is 7.66. The number of hydrogen-bond donors (Lipinski definition) is 1. The van der Waals surface area contributed by atoms with Crippen molar-refractivity contribution in [2.24, 2.45) is 0 Å². The van der Waals surface area contributed by atoms with Gasteiger partial charge in [0.05, 0.1) is 5.02 Å². The third-order valence-electron chi connectivity index (χ3n) is 2.85. The molecule has 2 aromatic rings. The van der Waals surface area contributed by atoms with Crippen LogP contribution in [0.15, 0.2) is 46.9 Å². The molecule has 0 aliphatic carbocycles. The zero-order chi connectivity index (χ0) is 14.4. The Labute approximate surface area is 133 Å². The van der Waals surface area contributed by atoms with Gasteiger partial charge in [0.25, 0.3) is 0 Å². The molecule has 0 fully saturated rings. The maximum Gasteiger partial charge on any atom is 0.119 e. The number of nitrogens with one attached hydrogen (secondary N) is 1. The Bertz CT molecular complexity index is 574. The summed E-state index contributed by atoms with van der Waals surface area (Å²) < 4.78 is 6.60. The fraction of sp³-hybridized carbons (Fsp3) is 0.250. The highest BCUT2D eigenvalue weighted by atomic mass is 79.9. The van der Waals surface area contributed by atoms with Gasteiger partial charge in [-0.05, 0) is 58.2 Å². The summed E-state index contributed by atoms with van der Waals surface area (Å²) in [6.07, 6.45) is 0. The van der Waals surface area contributed by atoms with Crippen LogP contribution < -0.4 is 10.1 Å². The molecule has 0 aliphatic rings. The predicted molar refractivity (Wildman–Crippen MR) is 87.5 cm³/mol. The monoisotopic (exact) mass is 353 g/mol. The van der Waals surface area contributed by atoms with Gasteiger partial charge in [0.2, 0.25) is 0 Å². The number of benzene rings is 2. The third-order valence-corrected chi connectivity index (χ3v) is 4.06. The van der Waals surface area contributed by atoms with Gasteiger partial charge in [-0.1, -0.05) is 29.8 Å². The summed E-state index contributed by atoms with van der Waals surface area (Å²) in [5.74, 6) is 0.918. The molecule has 0 heterocycles. The van der Waals surface area contributed by atoms with Crippen LogP contribution in [0.25, 0.3) is 0 Å². The van der Waals surface area contributed by atoms with Crippen molar-refractivity contribution in [3.8, 4) is 5.75 Å². The van der Waals surface area contributed by atoms with Crippen LogP contribution in [0.2, 0.25) is 5.02 Å². The van der Waals surface area contributed by atoms with E-state index in [1.807, 2.05) is 36.4 Å². The number of aryl methyl sites for hydroxylation is 1. The summed E-state index contributed by atoms with van der Waals surface area (Å²) in [5.41, 5.74) is 2.40. The fourth-order valence-corrected chi connectivity index (χ4v) is 2.37. The second-order valence-electron chi connectivity index (χ2n) is 4.59. The van der Waals surface area contributed by atoms with Gasteiger partial charge >= 0.3 is 0 Å². The molecule has 0 saturated carbocycles. The van der Waals surface area contributed by atoms with E-state index in [0.29, 0.717) is 6.61 Å². The van der Waals surface area contributed by atoms with Crippen molar-refractivity contribution in [1.29, 1.82) is 0 Å². The molecule has 2 nitrogen and oxygen atoms in total. The Morgan fingerprint density at radius 2 is 2.05 bits per heavy atom. The van der Waals surface area contributed by atoms with Crippen LogP contribution in [-0.2, 0) is 6.54 Å². The molecule has 0 unspecified atom stereocenters. The van der Waals surface area contributed by atoms with Crippen molar-refractivity contribution in [2.75, 3.05) is 13.2 Å². The van der Waals surface area contributed by atoms with Crippen molar-refractivity contribution < 1.29 is 4.74 Å². The lowest BCUT2D eigenvalue weighted by atomic mass is 10.2. The quantitative estimate of drug-likeness (QED) is 0.767. The van der Waals surface area contributed by atoms with Gasteiger partial charge < -0.3 is 10.1 Å². The van der Waals surface area contributed by atoms with E-state index >= 15 is 0 Å².